The van der Waals surface area contributed by atoms with Crippen LogP contribution in [0.5, 0.6) is 0 Å². The molecular weight excluding hydrogens is 244 g/mol. The van der Waals surface area contributed by atoms with Gasteiger partial charge in [0.05, 0.1) is 17.5 Å². The van der Waals surface area contributed by atoms with Gasteiger partial charge in [0.15, 0.2) is 9.84 Å². The number of aromatic nitrogens is 1. The molecule has 2 heterocycles. The van der Waals surface area contributed by atoms with Crippen LogP contribution < -0.4 is 5.32 Å². The predicted molar refractivity (Wildman–Crippen MR) is 65.3 cm³/mol. The molecule has 1 aliphatic heterocycles. The Morgan fingerprint density at radius 3 is 2.88 bits per heavy atom. The van der Waals surface area contributed by atoms with E-state index in [0.717, 1.165) is 5.01 Å². The number of nitrogens with zero attached hydrogens (tertiary/aromatic N) is 1. The molecule has 1 aliphatic rings. The Balaban J connectivity index is 2.05. The highest BCUT2D eigenvalue weighted by Crippen LogP contribution is 2.27. The first kappa shape index (κ1) is 12.0. The monoisotopic (exact) mass is 260 g/mol. The first-order valence-electron chi connectivity index (χ1n) is 5.28. The van der Waals surface area contributed by atoms with Crippen molar-refractivity contribution in [3.8, 4) is 0 Å². The van der Waals surface area contributed by atoms with Gasteiger partial charge in [0.1, 0.15) is 5.01 Å². The summed E-state index contributed by atoms with van der Waals surface area (Å²) < 4.78 is 22.9. The molecule has 1 aromatic rings. The molecule has 0 aromatic carbocycles. The fourth-order valence-corrected chi connectivity index (χ4v) is 4.91. The van der Waals surface area contributed by atoms with E-state index in [1.165, 1.54) is 0 Å². The molecule has 2 atom stereocenters. The Morgan fingerprint density at radius 1 is 1.62 bits per heavy atom. The molecule has 4 nitrogen and oxygen atoms in total. The normalized spacial score (nSPS) is 30.4. The molecule has 0 amide bonds. The standard InChI is InChI=1S/C10H16N2O2S2/c1-8(9-11-4-5-15-9)12-10(2)3-6-16(13,14)7-10/h4-5,8,12H,3,6-7H2,1-2H3. The number of hydrogen-bond donors (Lipinski definition) is 1. The summed E-state index contributed by atoms with van der Waals surface area (Å²) in [5.41, 5.74) is -0.302. The van der Waals surface area contributed by atoms with E-state index in [4.69, 9.17) is 0 Å². The van der Waals surface area contributed by atoms with Gasteiger partial charge in [0, 0.05) is 17.1 Å². The number of hydrogen-bond acceptors (Lipinski definition) is 5. The highest BCUT2D eigenvalue weighted by Gasteiger charge is 2.39. The summed E-state index contributed by atoms with van der Waals surface area (Å²) >= 11 is 1.59. The lowest BCUT2D eigenvalue weighted by molar-refractivity contribution is 0.355. The van der Waals surface area contributed by atoms with Crippen molar-refractivity contribution in [2.45, 2.75) is 31.8 Å². The van der Waals surface area contributed by atoms with Gasteiger partial charge in [-0.05, 0) is 20.3 Å². The maximum atomic E-state index is 11.5. The van der Waals surface area contributed by atoms with Gasteiger partial charge in [-0.25, -0.2) is 13.4 Å². The SMILES string of the molecule is CC(NC1(C)CCS(=O)(=O)C1)c1nccs1. The summed E-state index contributed by atoms with van der Waals surface area (Å²) in [6.45, 7) is 4.00. The third-order valence-electron chi connectivity index (χ3n) is 2.89. The number of thiazole rings is 1. The molecule has 90 valence electrons. The van der Waals surface area contributed by atoms with E-state index < -0.39 is 9.84 Å². The van der Waals surface area contributed by atoms with E-state index in [-0.39, 0.29) is 17.3 Å². The van der Waals surface area contributed by atoms with Gasteiger partial charge in [-0.1, -0.05) is 0 Å². The summed E-state index contributed by atoms with van der Waals surface area (Å²) in [4.78, 5) is 4.23. The molecule has 0 saturated carbocycles. The molecule has 0 radical (unpaired) electrons. The molecule has 1 fully saturated rings. The minimum atomic E-state index is -2.85. The molecular formula is C10H16N2O2S2. The molecule has 16 heavy (non-hydrogen) atoms. The number of rotatable bonds is 3. The van der Waals surface area contributed by atoms with Gasteiger partial charge in [-0.2, -0.15) is 0 Å². The summed E-state index contributed by atoms with van der Waals surface area (Å²) in [5.74, 6) is 0.525. The zero-order valence-electron chi connectivity index (χ0n) is 9.43. The van der Waals surface area contributed by atoms with Crippen molar-refractivity contribution < 1.29 is 8.42 Å². The molecule has 1 N–H and O–H groups in total. The second-order valence-electron chi connectivity index (χ2n) is 4.64. The topological polar surface area (TPSA) is 59.1 Å². The van der Waals surface area contributed by atoms with Crippen molar-refractivity contribution in [1.29, 1.82) is 0 Å². The molecule has 1 aromatic heterocycles. The predicted octanol–water partition coefficient (Wildman–Crippen LogP) is 1.37. The molecule has 2 unspecified atom stereocenters. The smallest absolute Gasteiger partial charge is 0.152 e. The fraction of sp³-hybridized carbons (Fsp3) is 0.700. The van der Waals surface area contributed by atoms with Crippen molar-refractivity contribution in [1.82, 2.24) is 10.3 Å². The van der Waals surface area contributed by atoms with E-state index in [0.29, 0.717) is 12.2 Å². The van der Waals surface area contributed by atoms with E-state index in [1.54, 1.807) is 17.5 Å². The summed E-state index contributed by atoms with van der Waals surface area (Å²) in [6, 6.07) is 0.110. The Bertz CT molecular complexity index is 455. The van der Waals surface area contributed by atoms with Crippen molar-refractivity contribution in [3.63, 3.8) is 0 Å². The molecule has 0 aliphatic carbocycles. The van der Waals surface area contributed by atoms with Crippen LogP contribution in [0, 0.1) is 0 Å². The molecule has 0 bridgehead atoms. The van der Waals surface area contributed by atoms with Crippen LogP contribution in [0.3, 0.4) is 0 Å². The second-order valence-corrected chi connectivity index (χ2v) is 7.75. The van der Waals surface area contributed by atoms with E-state index in [9.17, 15) is 8.42 Å². The van der Waals surface area contributed by atoms with E-state index >= 15 is 0 Å². The summed E-state index contributed by atoms with van der Waals surface area (Å²) in [6.07, 6.45) is 2.46. The second kappa shape index (κ2) is 4.09. The highest BCUT2D eigenvalue weighted by atomic mass is 32.2. The van der Waals surface area contributed by atoms with Gasteiger partial charge >= 0.3 is 0 Å². The quantitative estimate of drug-likeness (QED) is 0.892. The van der Waals surface area contributed by atoms with Crippen LogP contribution in [0.25, 0.3) is 0 Å². The first-order valence-corrected chi connectivity index (χ1v) is 7.98. The third kappa shape index (κ3) is 2.61. The zero-order valence-corrected chi connectivity index (χ0v) is 11.1. The minimum Gasteiger partial charge on any atom is -0.302 e. The van der Waals surface area contributed by atoms with Crippen LogP contribution >= 0.6 is 11.3 Å². The zero-order chi connectivity index (χ0) is 11.8. The molecule has 2 rings (SSSR count). The maximum absolute atomic E-state index is 11.5. The lowest BCUT2D eigenvalue weighted by Crippen LogP contribution is -2.44. The Labute approximate surface area is 100 Å². The van der Waals surface area contributed by atoms with Crippen LogP contribution in [0.4, 0.5) is 0 Å². The molecule has 1 saturated heterocycles. The molecule has 0 spiro atoms. The number of nitrogens with one attached hydrogen (secondary N) is 1. The summed E-state index contributed by atoms with van der Waals surface area (Å²) in [5, 5.41) is 6.32. The van der Waals surface area contributed by atoms with Gasteiger partial charge in [-0.15, -0.1) is 11.3 Å². The van der Waals surface area contributed by atoms with Crippen molar-refractivity contribution >= 4 is 21.2 Å². The van der Waals surface area contributed by atoms with Gasteiger partial charge in [-0.3, -0.25) is 0 Å². The maximum Gasteiger partial charge on any atom is 0.152 e. The Morgan fingerprint density at radius 2 is 2.38 bits per heavy atom. The van der Waals surface area contributed by atoms with Crippen molar-refractivity contribution in [3.05, 3.63) is 16.6 Å². The summed E-state index contributed by atoms with van der Waals surface area (Å²) in [7, 11) is -2.85. The van der Waals surface area contributed by atoms with Gasteiger partial charge in [0.25, 0.3) is 0 Å². The minimum absolute atomic E-state index is 0.110. The average Bonchev–Trinajstić information content (AvgIpc) is 2.73. The van der Waals surface area contributed by atoms with Crippen LogP contribution in [-0.4, -0.2) is 30.4 Å². The third-order valence-corrected chi connectivity index (χ3v) is 5.75. The van der Waals surface area contributed by atoms with E-state index in [2.05, 4.69) is 10.3 Å². The average molecular weight is 260 g/mol. The van der Waals surface area contributed by atoms with Gasteiger partial charge < -0.3 is 5.32 Å². The van der Waals surface area contributed by atoms with Crippen LogP contribution in [-0.2, 0) is 9.84 Å². The lowest BCUT2D eigenvalue weighted by atomic mass is 10.0. The highest BCUT2D eigenvalue weighted by molar-refractivity contribution is 7.91. The van der Waals surface area contributed by atoms with Crippen molar-refractivity contribution in [2.75, 3.05) is 11.5 Å². The van der Waals surface area contributed by atoms with Crippen LogP contribution in [0.1, 0.15) is 31.3 Å². The fourth-order valence-electron chi connectivity index (χ4n) is 2.16. The first-order chi connectivity index (χ1) is 7.40. The largest absolute Gasteiger partial charge is 0.302 e. The van der Waals surface area contributed by atoms with Crippen LogP contribution in [0.2, 0.25) is 0 Å². The van der Waals surface area contributed by atoms with Gasteiger partial charge in [0.2, 0.25) is 0 Å². The van der Waals surface area contributed by atoms with Crippen LogP contribution in [0.15, 0.2) is 11.6 Å². The molecule has 6 heteroatoms. The Kier molecular flexibility index (Phi) is 3.07. The van der Waals surface area contributed by atoms with E-state index in [1.807, 2.05) is 19.2 Å². The van der Waals surface area contributed by atoms with Crippen molar-refractivity contribution in [2.24, 2.45) is 0 Å². The Hall–Kier alpha value is -0.460. The number of sulfone groups is 1. The lowest BCUT2D eigenvalue weighted by Gasteiger charge is -2.27.